The van der Waals surface area contributed by atoms with Gasteiger partial charge in [-0.05, 0) is 56.1 Å². The number of likely N-dealkylation sites (tertiary alicyclic amines) is 1. The Hall–Kier alpha value is -2.45. The zero-order chi connectivity index (χ0) is 21.7. The summed E-state index contributed by atoms with van der Waals surface area (Å²) in [6.07, 6.45) is 3.37. The van der Waals surface area contributed by atoms with Crippen LogP contribution in [0.1, 0.15) is 30.9 Å². The third kappa shape index (κ3) is 5.37. The number of nitrogens with one attached hydrogen (secondary N) is 1. The summed E-state index contributed by atoms with van der Waals surface area (Å²) in [4.78, 5) is 15.2. The van der Waals surface area contributed by atoms with Crippen LogP contribution in [0.25, 0.3) is 0 Å². The van der Waals surface area contributed by atoms with Crippen LogP contribution in [-0.2, 0) is 27.9 Å². The van der Waals surface area contributed by atoms with Crippen molar-refractivity contribution in [1.29, 1.82) is 0 Å². The number of benzene rings is 2. The van der Waals surface area contributed by atoms with E-state index in [-0.39, 0.29) is 12.2 Å². The molecule has 1 aliphatic heterocycles. The molecule has 6 nitrogen and oxygen atoms in total. The van der Waals surface area contributed by atoms with E-state index < -0.39 is 27.8 Å². The van der Waals surface area contributed by atoms with Crippen LogP contribution in [0.4, 0.5) is 10.1 Å². The maximum absolute atomic E-state index is 14.2. The van der Waals surface area contributed by atoms with Crippen molar-refractivity contribution in [2.45, 2.75) is 38.9 Å². The lowest BCUT2D eigenvalue weighted by Crippen LogP contribution is -2.48. The van der Waals surface area contributed by atoms with Gasteiger partial charge >= 0.3 is 0 Å². The van der Waals surface area contributed by atoms with Crippen molar-refractivity contribution in [3.63, 3.8) is 0 Å². The summed E-state index contributed by atoms with van der Waals surface area (Å²) < 4.78 is 39.7. The predicted molar refractivity (Wildman–Crippen MR) is 116 cm³/mol. The third-order valence-electron chi connectivity index (χ3n) is 5.34. The average Bonchev–Trinajstić information content (AvgIpc) is 3.21. The van der Waals surface area contributed by atoms with Crippen molar-refractivity contribution >= 4 is 21.6 Å². The van der Waals surface area contributed by atoms with Gasteiger partial charge in [-0.2, -0.15) is 0 Å². The third-order valence-corrected chi connectivity index (χ3v) is 6.57. The number of rotatable bonds is 8. The number of carbonyl (C=O) groups is 1. The Morgan fingerprint density at radius 3 is 2.33 bits per heavy atom. The first-order chi connectivity index (χ1) is 14.3. The quantitative estimate of drug-likeness (QED) is 0.695. The first kappa shape index (κ1) is 22.2. The number of nitrogens with zero attached hydrogens (tertiary/aromatic N) is 2. The average molecular weight is 434 g/mol. The largest absolute Gasteiger partial charge is 0.350 e. The highest BCUT2D eigenvalue weighted by molar-refractivity contribution is 7.92. The summed E-state index contributed by atoms with van der Waals surface area (Å²) in [5, 5.41) is 2.82. The molecule has 0 radical (unpaired) electrons. The molecule has 2 aromatic rings. The fourth-order valence-corrected chi connectivity index (χ4v) is 4.98. The topological polar surface area (TPSA) is 69.7 Å². The van der Waals surface area contributed by atoms with Gasteiger partial charge in [0.1, 0.15) is 11.9 Å². The second-order valence-electron chi connectivity index (χ2n) is 7.66. The highest BCUT2D eigenvalue weighted by Crippen LogP contribution is 2.24. The molecule has 8 heteroatoms. The minimum Gasteiger partial charge on any atom is -0.350 e. The number of carbonyl (C=O) groups excluding carboxylic acids is 1. The fraction of sp³-hybridized carbons (Fsp3) is 0.409. The van der Waals surface area contributed by atoms with E-state index in [9.17, 15) is 17.6 Å². The standard InChI is InChI=1S/C22H28FN3O3S/c1-17(26(30(2,28)29)21-12-6-5-11-20(21)23)22(27)24-15-18-9-3-4-10-19(18)16-25-13-7-8-14-25/h3-6,9-12,17H,7-8,13-16H2,1-2H3,(H,24,27)/t17-/m0/s1. The minimum absolute atomic E-state index is 0.142. The van der Waals surface area contributed by atoms with E-state index in [1.54, 1.807) is 0 Å². The van der Waals surface area contributed by atoms with Crippen LogP contribution in [0, 0.1) is 5.82 Å². The molecule has 3 rings (SSSR count). The predicted octanol–water partition coefficient (Wildman–Crippen LogP) is 2.89. The van der Waals surface area contributed by atoms with Crippen molar-refractivity contribution in [3.05, 3.63) is 65.5 Å². The molecule has 0 bridgehead atoms. The Morgan fingerprint density at radius 1 is 1.10 bits per heavy atom. The highest BCUT2D eigenvalue weighted by Gasteiger charge is 2.30. The zero-order valence-corrected chi connectivity index (χ0v) is 18.2. The van der Waals surface area contributed by atoms with E-state index in [0.29, 0.717) is 0 Å². The van der Waals surface area contributed by atoms with E-state index in [2.05, 4.69) is 10.2 Å². The van der Waals surface area contributed by atoms with Crippen LogP contribution in [0.15, 0.2) is 48.5 Å². The monoisotopic (exact) mass is 433 g/mol. The van der Waals surface area contributed by atoms with E-state index in [1.165, 1.54) is 44.0 Å². The van der Waals surface area contributed by atoms with E-state index in [4.69, 9.17) is 0 Å². The summed E-state index contributed by atoms with van der Waals surface area (Å²) in [7, 11) is -3.87. The van der Waals surface area contributed by atoms with Gasteiger partial charge in [0.2, 0.25) is 15.9 Å². The van der Waals surface area contributed by atoms with Gasteiger partial charge in [0.25, 0.3) is 0 Å². The molecule has 1 atom stereocenters. The van der Waals surface area contributed by atoms with E-state index >= 15 is 0 Å². The molecule has 0 aliphatic carbocycles. The lowest BCUT2D eigenvalue weighted by Gasteiger charge is -2.28. The highest BCUT2D eigenvalue weighted by atomic mass is 32.2. The number of hydrogen-bond acceptors (Lipinski definition) is 4. The molecule has 1 aliphatic rings. The summed E-state index contributed by atoms with van der Waals surface area (Å²) in [5.74, 6) is -1.18. The SMILES string of the molecule is C[C@@H](C(=O)NCc1ccccc1CN1CCCC1)N(c1ccccc1F)S(C)(=O)=O. The van der Waals surface area contributed by atoms with Crippen LogP contribution >= 0.6 is 0 Å². The van der Waals surface area contributed by atoms with Crippen LogP contribution in [0.2, 0.25) is 0 Å². The van der Waals surface area contributed by atoms with Crippen molar-refractivity contribution in [3.8, 4) is 0 Å². The van der Waals surface area contributed by atoms with Gasteiger partial charge in [-0.1, -0.05) is 36.4 Å². The van der Waals surface area contributed by atoms with Gasteiger partial charge < -0.3 is 5.32 Å². The number of anilines is 1. The normalized spacial score (nSPS) is 15.7. The van der Waals surface area contributed by atoms with Gasteiger partial charge in [-0.3, -0.25) is 14.0 Å². The van der Waals surface area contributed by atoms with Gasteiger partial charge in [0, 0.05) is 13.1 Å². The van der Waals surface area contributed by atoms with Crippen molar-refractivity contribution in [2.24, 2.45) is 0 Å². The minimum atomic E-state index is -3.87. The summed E-state index contributed by atoms with van der Waals surface area (Å²) >= 11 is 0. The molecule has 162 valence electrons. The van der Waals surface area contributed by atoms with Crippen LogP contribution < -0.4 is 9.62 Å². The smallest absolute Gasteiger partial charge is 0.243 e. The Labute approximate surface area is 177 Å². The molecule has 1 N–H and O–H groups in total. The first-order valence-corrected chi connectivity index (χ1v) is 11.9. The molecule has 1 amide bonds. The van der Waals surface area contributed by atoms with Gasteiger partial charge in [-0.25, -0.2) is 12.8 Å². The lowest BCUT2D eigenvalue weighted by atomic mass is 10.1. The molecule has 1 heterocycles. The summed E-state index contributed by atoms with van der Waals surface area (Å²) in [5.41, 5.74) is 1.99. The molecule has 2 aromatic carbocycles. The van der Waals surface area contributed by atoms with Gasteiger partial charge in [0.05, 0.1) is 11.9 Å². The molecule has 0 aromatic heterocycles. The lowest BCUT2D eigenvalue weighted by molar-refractivity contribution is -0.122. The van der Waals surface area contributed by atoms with Gasteiger partial charge in [-0.15, -0.1) is 0 Å². The molecular formula is C22H28FN3O3S. The Kier molecular flexibility index (Phi) is 7.10. The van der Waals surface area contributed by atoms with Crippen LogP contribution in [-0.4, -0.2) is 44.6 Å². The molecular weight excluding hydrogens is 405 g/mol. The van der Waals surface area contributed by atoms with E-state index in [1.807, 2.05) is 24.3 Å². The van der Waals surface area contributed by atoms with E-state index in [0.717, 1.165) is 41.3 Å². The van der Waals surface area contributed by atoms with Crippen LogP contribution in [0.3, 0.4) is 0 Å². The number of amides is 1. The maximum atomic E-state index is 14.2. The molecule has 0 spiro atoms. The first-order valence-electron chi connectivity index (χ1n) is 10.1. The van der Waals surface area contributed by atoms with Gasteiger partial charge in [0.15, 0.2) is 0 Å². The van der Waals surface area contributed by atoms with Crippen LogP contribution in [0.5, 0.6) is 0 Å². The maximum Gasteiger partial charge on any atom is 0.243 e. The molecule has 0 saturated carbocycles. The summed E-state index contributed by atoms with van der Waals surface area (Å²) in [6, 6.07) is 12.3. The molecule has 1 saturated heterocycles. The molecule has 30 heavy (non-hydrogen) atoms. The Balaban J connectivity index is 1.73. The Morgan fingerprint density at radius 2 is 1.70 bits per heavy atom. The number of hydrogen-bond donors (Lipinski definition) is 1. The number of halogens is 1. The van der Waals surface area contributed by atoms with Crippen molar-refractivity contribution in [1.82, 2.24) is 10.2 Å². The summed E-state index contributed by atoms with van der Waals surface area (Å²) in [6.45, 7) is 4.71. The second kappa shape index (κ2) is 9.57. The van der Waals surface area contributed by atoms with Crippen molar-refractivity contribution < 1.29 is 17.6 Å². The molecule has 0 unspecified atom stereocenters. The number of sulfonamides is 1. The number of para-hydroxylation sites is 1. The zero-order valence-electron chi connectivity index (χ0n) is 17.3. The fourth-order valence-electron chi connectivity index (χ4n) is 3.81. The molecule has 1 fully saturated rings. The second-order valence-corrected chi connectivity index (χ2v) is 9.52. The van der Waals surface area contributed by atoms with Crippen molar-refractivity contribution in [2.75, 3.05) is 23.7 Å². The Bertz CT molecular complexity index is 991.